The number of para-hydroxylation sites is 2. The third-order valence-electron chi connectivity index (χ3n) is 3.71. The van der Waals surface area contributed by atoms with Crippen molar-refractivity contribution < 1.29 is 0 Å². The fourth-order valence-corrected chi connectivity index (χ4v) is 2.76. The summed E-state index contributed by atoms with van der Waals surface area (Å²) < 4.78 is 3.32. The first kappa shape index (κ1) is 14.3. The van der Waals surface area contributed by atoms with Crippen LogP contribution in [0.25, 0.3) is 11.0 Å². The highest BCUT2D eigenvalue weighted by Crippen LogP contribution is 2.23. The van der Waals surface area contributed by atoms with Crippen molar-refractivity contribution in [2.75, 3.05) is 0 Å². The van der Waals surface area contributed by atoms with Gasteiger partial charge in [0.05, 0.1) is 17.1 Å². The van der Waals surface area contributed by atoms with Gasteiger partial charge in [-0.3, -0.25) is 0 Å². The first-order valence-electron chi connectivity index (χ1n) is 7.14. The van der Waals surface area contributed by atoms with E-state index in [1.54, 1.807) is 0 Å². The highest BCUT2D eigenvalue weighted by atomic mass is 79.9. The van der Waals surface area contributed by atoms with E-state index in [0.29, 0.717) is 0 Å². The molecule has 0 aliphatic heterocycles. The normalized spacial score (nSPS) is 12.7. The molecule has 3 nitrogen and oxygen atoms in total. The van der Waals surface area contributed by atoms with Crippen LogP contribution in [-0.4, -0.2) is 9.55 Å². The summed E-state index contributed by atoms with van der Waals surface area (Å²) in [6.45, 7) is 2.88. The van der Waals surface area contributed by atoms with E-state index in [9.17, 15) is 0 Å². The number of nitrogens with zero attached hydrogens (tertiary/aromatic N) is 2. The largest absolute Gasteiger partial charge is 0.322 e. The van der Waals surface area contributed by atoms with E-state index in [-0.39, 0.29) is 6.04 Å². The summed E-state index contributed by atoms with van der Waals surface area (Å²) in [6, 6.07) is 16.5. The molecule has 2 N–H and O–H groups in total. The van der Waals surface area contributed by atoms with Crippen molar-refractivity contribution in [1.29, 1.82) is 0 Å². The van der Waals surface area contributed by atoms with Crippen LogP contribution in [0.2, 0.25) is 0 Å². The Morgan fingerprint density at radius 3 is 2.57 bits per heavy atom. The molecule has 3 rings (SSSR count). The third kappa shape index (κ3) is 2.87. The second-order valence-corrected chi connectivity index (χ2v) is 6.10. The first-order valence-corrected chi connectivity index (χ1v) is 7.93. The van der Waals surface area contributed by atoms with Gasteiger partial charge < -0.3 is 10.3 Å². The van der Waals surface area contributed by atoms with Crippen LogP contribution in [0.15, 0.2) is 53.0 Å². The van der Waals surface area contributed by atoms with Gasteiger partial charge in [-0.25, -0.2) is 4.98 Å². The molecule has 0 saturated heterocycles. The highest BCUT2D eigenvalue weighted by molar-refractivity contribution is 9.10. The molecule has 1 atom stereocenters. The molecule has 0 fully saturated rings. The van der Waals surface area contributed by atoms with Crippen LogP contribution in [0.3, 0.4) is 0 Å². The maximum Gasteiger partial charge on any atom is 0.127 e. The Labute approximate surface area is 132 Å². The zero-order chi connectivity index (χ0) is 14.8. The number of hydrogen-bond donors (Lipinski definition) is 1. The Bertz CT molecular complexity index is 746. The van der Waals surface area contributed by atoms with E-state index in [1.807, 2.05) is 18.2 Å². The topological polar surface area (TPSA) is 43.8 Å². The fraction of sp³-hybridized carbons (Fsp3) is 0.235. The molecular weight excluding hydrogens is 326 g/mol. The number of aromatic nitrogens is 2. The predicted octanol–water partition coefficient (Wildman–Crippen LogP) is 4.26. The number of rotatable bonds is 4. The molecule has 4 heteroatoms. The number of imidazole rings is 1. The van der Waals surface area contributed by atoms with Gasteiger partial charge in [0.15, 0.2) is 0 Å². The van der Waals surface area contributed by atoms with Crippen LogP contribution in [0.4, 0.5) is 0 Å². The molecule has 0 aliphatic carbocycles. The van der Waals surface area contributed by atoms with Crippen molar-refractivity contribution in [3.05, 3.63) is 64.4 Å². The van der Waals surface area contributed by atoms with Crippen molar-refractivity contribution >= 4 is 27.0 Å². The van der Waals surface area contributed by atoms with Gasteiger partial charge in [-0.15, -0.1) is 0 Å². The van der Waals surface area contributed by atoms with Gasteiger partial charge in [0.25, 0.3) is 0 Å². The van der Waals surface area contributed by atoms with Crippen molar-refractivity contribution in [2.24, 2.45) is 5.73 Å². The molecular formula is C17H18BrN3. The molecule has 0 amide bonds. The number of fused-ring (bicyclic) bond motifs is 1. The van der Waals surface area contributed by atoms with Gasteiger partial charge in [0.1, 0.15) is 5.82 Å². The lowest BCUT2D eigenvalue weighted by atomic mass is 10.2. The lowest BCUT2D eigenvalue weighted by Crippen LogP contribution is -2.16. The molecule has 21 heavy (non-hydrogen) atoms. The molecule has 0 spiro atoms. The molecule has 2 aromatic carbocycles. The van der Waals surface area contributed by atoms with E-state index >= 15 is 0 Å². The van der Waals surface area contributed by atoms with E-state index in [1.165, 1.54) is 5.56 Å². The smallest absolute Gasteiger partial charge is 0.127 e. The Kier molecular flexibility index (Phi) is 4.08. The Morgan fingerprint density at radius 2 is 1.86 bits per heavy atom. The Morgan fingerprint density at radius 1 is 1.14 bits per heavy atom. The minimum Gasteiger partial charge on any atom is -0.322 e. The van der Waals surface area contributed by atoms with E-state index in [2.05, 4.69) is 57.8 Å². The van der Waals surface area contributed by atoms with Crippen LogP contribution in [0, 0.1) is 0 Å². The van der Waals surface area contributed by atoms with Crippen LogP contribution in [-0.2, 0) is 6.54 Å². The Balaban J connectivity index is 2.08. The van der Waals surface area contributed by atoms with Gasteiger partial charge in [-0.2, -0.15) is 0 Å². The number of halogens is 1. The minimum atomic E-state index is -0.0344. The van der Waals surface area contributed by atoms with Gasteiger partial charge >= 0.3 is 0 Å². The summed E-state index contributed by atoms with van der Waals surface area (Å²) in [6.07, 6.45) is 0.879. The molecule has 1 unspecified atom stereocenters. The maximum absolute atomic E-state index is 6.25. The van der Waals surface area contributed by atoms with Crippen LogP contribution in [0.5, 0.6) is 0 Å². The first-order chi connectivity index (χ1) is 10.2. The summed E-state index contributed by atoms with van der Waals surface area (Å²) in [7, 11) is 0. The maximum atomic E-state index is 6.25. The lowest BCUT2D eigenvalue weighted by molar-refractivity contribution is 0.605. The fourth-order valence-electron chi connectivity index (χ4n) is 2.50. The Hall–Kier alpha value is -1.65. The molecule has 1 heterocycles. The summed E-state index contributed by atoms with van der Waals surface area (Å²) in [4.78, 5) is 4.73. The SMILES string of the molecule is CCC(N)c1nc2ccccc2n1Cc1ccc(Br)cc1. The number of hydrogen-bond acceptors (Lipinski definition) is 2. The average Bonchev–Trinajstić information content (AvgIpc) is 2.88. The average molecular weight is 344 g/mol. The minimum absolute atomic E-state index is 0.0344. The summed E-state index contributed by atoms with van der Waals surface area (Å²) in [5.41, 5.74) is 9.63. The van der Waals surface area contributed by atoms with Gasteiger partial charge in [0.2, 0.25) is 0 Å². The number of benzene rings is 2. The quantitative estimate of drug-likeness (QED) is 0.769. The van der Waals surface area contributed by atoms with Gasteiger partial charge in [-0.05, 0) is 36.2 Å². The van der Waals surface area contributed by atoms with E-state index in [0.717, 1.165) is 34.3 Å². The van der Waals surface area contributed by atoms with Crippen LogP contribution >= 0.6 is 15.9 Å². The molecule has 1 aromatic heterocycles. The molecule has 0 saturated carbocycles. The summed E-state index contributed by atoms with van der Waals surface area (Å²) >= 11 is 3.47. The zero-order valence-electron chi connectivity index (χ0n) is 12.0. The van der Waals surface area contributed by atoms with Crippen molar-refractivity contribution in [1.82, 2.24) is 9.55 Å². The van der Waals surface area contributed by atoms with Gasteiger partial charge in [0, 0.05) is 11.0 Å². The van der Waals surface area contributed by atoms with Crippen molar-refractivity contribution in [2.45, 2.75) is 25.9 Å². The van der Waals surface area contributed by atoms with E-state index in [4.69, 9.17) is 10.7 Å². The van der Waals surface area contributed by atoms with Crippen molar-refractivity contribution in [3.8, 4) is 0 Å². The lowest BCUT2D eigenvalue weighted by Gasteiger charge is -2.13. The molecule has 3 aromatic rings. The molecule has 0 aliphatic rings. The summed E-state index contributed by atoms with van der Waals surface area (Å²) in [5.74, 6) is 0.960. The highest BCUT2D eigenvalue weighted by Gasteiger charge is 2.15. The molecule has 108 valence electrons. The second-order valence-electron chi connectivity index (χ2n) is 5.19. The molecule has 0 radical (unpaired) electrons. The number of nitrogens with two attached hydrogens (primary N) is 1. The zero-order valence-corrected chi connectivity index (χ0v) is 13.5. The monoisotopic (exact) mass is 343 g/mol. The van der Waals surface area contributed by atoms with Crippen LogP contribution in [0.1, 0.15) is 30.8 Å². The van der Waals surface area contributed by atoms with Gasteiger partial charge in [-0.1, -0.05) is 47.1 Å². The van der Waals surface area contributed by atoms with E-state index < -0.39 is 0 Å². The standard InChI is InChI=1S/C17H18BrN3/c1-2-14(19)17-20-15-5-3-4-6-16(15)21(17)11-12-7-9-13(18)10-8-12/h3-10,14H,2,11,19H2,1H3. The second kappa shape index (κ2) is 6.00. The summed E-state index contributed by atoms with van der Waals surface area (Å²) in [5, 5.41) is 0. The van der Waals surface area contributed by atoms with Crippen LogP contribution < -0.4 is 5.73 Å². The third-order valence-corrected chi connectivity index (χ3v) is 4.24. The molecule has 0 bridgehead atoms. The predicted molar refractivity (Wildman–Crippen MR) is 90.2 cm³/mol. The van der Waals surface area contributed by atoms with Crippen molar-refractivity contribution in [3.63, 3.8) is 0 Å².